The largest absolute Gasteiger partial charge is 0.350 e. The van der Waals surface area contributed by atoms with Crippen LogP contribution in [0.5, 0.6) is 0 Å². The Balaban J connectivity index is 1.98. The van der Waals surface area contributed by atoms with Crippen LogP contribution in [0.25, 0.3) is 10.9 Å². The van der Waals surface area contributed by atoms with Gasteiger partial charge in [-0.1, -0.05) is 18.2 Å². The molecule has 0 radical (unpaired) electrons. The number of para-hydroxylation sites is 1. The van der Waals surface area contributed by atoms with Crippen LogP contribution in [0.2, 0.25) is 0 Å². The van der Waals surface area contributed by atoms with Gasteiger partial charge in [0.15, 0.2) is 0 Å². The Morgan fingerprint density at radius 1 is 1.17 bits per heavy atom. The van der Waals surface area contributed by atoms with Crippen molar-refractivity contribution in [3.63, 3.8) is 0 Å². The predicted molar refractivity (Wildman–Crippen MR) is 75.8 cm³/mol. The summed E-state index contributed by atoms with van der Waals surface area (Å²) in [4.78, 5) is 2.57. The van der Waals surface area contributed by atoms with Crippen molar-refractivity contribution in [2.75, 3.05) is 26.2 Å². The zero-order valence-corrected chi connectivity index (χ0v) is 11.2. The summed E-state index contributed by atoms with van der Waals surface area (Å²) in [5.74, 6) is 0. The number of aryl methyl sites for hydroxylation is 1. The Morgan fingerprint density at radius 3 is 2.67 bits per heavy atom. The lowest BCUT2D eigenvalue weighted by Crippen LogP contribution is -2.44. The van der Waals surface area contributed by atoms with Crippen molar-refractivity contribution in [2.45, 2.75) is 13.0 Å². The van der Waals surface area contributed by atoms with Crippen molar-refractivity contribution in [1.82, 2.24) is 14.8 Å². The molecule has 1 unspecified atom stereocenters. The SMILES string of the molecule is CC(c1cn(C)c2ccccc12)N1CCNCC1. The van der Waals surface area contributed by atoms with E-state index in [1.807, 2.05) is 0 Å². The molecule has 2 aromatic rings. The maximum Gasteiger partial charge on any atom is 0.0481 e. The van der Waals surface area contributed by atoms with Crippen molar-refractivity contribution >= 4 is 10.9 Å². The fraction of sp³-hybridized carbons (Fsp3) is 0.467. The summed E-state index contributed by atoms with van der Waals surface area (Å²) in [7, 11) is 2.14. The molecule has 2 heterocycles. The molecule has 0 bridgehead atoms. The summed E-state index contributed by atoms with van der Waals surface area (Å²) in [5.41, 5.74) is 2.78. The van der Waals surface area contributed by atoms with Gasteiger partial charge in [-0.05, 0) is 18.6 Å². The van der Waals surface area contributed by atoms with Gasteiger partial charge >= 0.3 is 0 Å². The average molecular weight is 243 g/mol. The lowest BCUT2D eigenvalue weighted by Gasteiger charge is -2.32. The molecule has 18 heavy (non-hydrogen) atoms. The van der Waals surface area contributed by atoms with Crippen LogP contribution in [0.3, 0.4) is 0 Å². The molecule has 1 N–H and O–H groups in total. The molecule has 0 aliphatic carbocycles. The van der Waals surface area contributed by atoms with Crippen LogP contribution < -0.4 is 5.32 Å². The van der Waals surface area contributed by atoms with Gasteiger partial charge in [0.25, 0.3) is 0 Å². The third-order valence-corrected chi connectivity index (χ3v) is 4.08. The molecule has 0 spiro atoms. The number of aromatic nitrogens is 1. The predicted octanol–water partition coefficient (Wildman–Crippen LogP) is 2.14. The molecule has 3 rings (SSSR count). The van der Waals surface area contributed by atoms with E-state index in [9.17, 15) is 0 Å². The molecule has 1 aromatic carbocycles. The lowest BCUT2D eigenvalue weighted by atomic mass is 10.1. The molecule has 1 aromatic heterocycles. The fourth-order valence-electron chi connectivity index (χ4n) is 2.97. The zero-order chi connectivity index (χ0) is 12.5. The minimum absolute atomic E-state index is 0.498. The summed E-state index contributed by atoms with van der Waals surface area (Å²) in [6.45, 7) is 6.83. The first kappa shape index (κ1) is 11.8. The number of piperazine rings is 1. The van der Waals surface area contributed by atoms with Gasteiger partial charge in [-0.25, -0.2) is 0 Å². The Morgan fingerprint density at radius 2 is 1.89 bits per heavy atom. The van der Waals surface area contributed by atoms with Gasteiger partial charge < -0.3 is 9.88 Å². The molecule has 1 fully saturated rings. The van der Waals surface area contributed by atoms with Gasteiger partial charge in [0.1, 0.15) is 0 Å². The lowest BCUT2D eigenvalue weighted by molar-refractivity contribution is 0.186. The quantitative estimate of drug-likeness (QED) is 0.872. The molecule has 1 atom stereocenters. The molecule has 96 valence electrons. The average Bonchev–Trinajstić information content (AvgIpc) is 2.77. The second kappa shape index (κ2) is 4.75. The topological polar surface area (TPSA) is 20.2 Å². The van der Waals surface area contributed by atoms with E-state index < -0.39 is 0 Å². The first-order valence-corrected chi connectivity index (χ1v) is 6.76. The highest BCUT2D eigenvalue weighted by molar-refractivity contribution is 5.84. The number of hydrogen-bond acceptors (Lipinski definition) is 2. The van der Waals surface area contributed by atoms with E-state index in [2.05, 4.69) is 59.2 Å². The third kappa shape index (κ3) is 1.93. The van der Waals surface area contributed by atoms with Crippen LogP contribution in [0, 0.1) is 0 Å². The van der Waals surface area contributed by atoms with E-state index in [1.165, 1.54) is 16.5 Å². The van der Waals surface area contributed by atoms with Gasteiger partial charge in [0.2, 0.25) is 0 Å². The van der Waals surface area contributed by atoms with E-state index >= 15 is 0 Å². The maximum atomic E-state index is 3.42. The molecule has 1 aliphatic heterocycles. The standard InChI is InChI=1S/C15H21N3/c1-12(18-9-7-16-8-10-18)14-11-17(2)15-6-4-3-5-13(14)15/h3-6,11-12,16H,7-10H2,1-2H3. The maximum absolute atomic E-state index is 3.42. The highest BCUT2D eigenvalue weighted by Crippen LogP contribution is 2.29. The van der Waals surface area contributed by atoms with Crippen molar-refractivity contribution in [2.24, 2.45) is 7.05 Å². The Labute approximate surface area is 108 Å². The summed E-state index contributed by atoms with van der Waals surface area (Å²) in [5, 5.41) is 4.81. The molecule has 0 amide bonds. The Hall–Kier alpha value is -1.32. The first-order chi connectivity index (χ1) is 8.77. The van der Waals surface area contributed by atoms with Gasteiger partial charge in [-0.15, -0.1) is 0 Å². The van der Waals surface area contributed by atoms with E-state index in [1.54, 1.807) is 0 Å². The van der Waals surface area contributed by atoms with Gasteiger partial charge in [0, 0.05) is 56.4 Å². The fourth-order valence-corrected chi connectivity index (χ4v) is 2.97. The minimum Gasteiger partial charge on any atom is -0.350 e. The van der Waals surface area contributed by atoms with E-state index in [0.29, 0.717) is 6.04 Å². The van der Waals surface area contributed by atoms with Gasteiger partial charge in [0.05, 0.1) is 0 Å². The van der Waals surface area contributed by atoms with Crippen LogP contribution in [0.1, 0.15) is 18.5 Å². The summed E-state index contributed by atoms with van der Waals surface area (Å²) >= 11 is 0. The molecule has 3 heteroatoms. The Kier molecular flexibility index (Phi) is 3.10. The van der Waals surface area contributed by atoms with Crippen molar-refractivity contribution < 1.29 is 0 Å². The molecule has 3 nitrogen and oxygen atoms in total. The van der Waals surface area contributed by atoms with Crippen molar-refractivity contribution in [3.8, 4) is 0 Å². The third-order valence-electron chi connectivity index (χ3n) is 4.08. The van der Waals surface area contributed by atoms with Crippen molar-refractivity contribution in [3.05, 3.63) is 36.0 Å². The van der Waals surface area contributed by atoms with E-state index in [-0.39, 0.29) is 0 Å². The van der Waals surface area contributed by atoms with Gasteiger partial charge in [-0.2, -0.15) is 0 Å². The second-order valence-corrected chi connectivity index (χ2v) is 5.17. The van der Waals surface area contributed by atoms with Gasteiger partial charge in [-0.3, -0.25) is 4.90 Å². The molecule has 1 saturated heterocycles. The molecular weight excluding hydrogens is 222 g/mol. The highest BCUT2D eigenvalue weighted by Gasteiger charge is 2.20. The summed E-state index contributed by atoms with van der Waals surface area (Å²) < 4.78 is 2.24. The van der Waals surface area contributed by atoms with Crippen LogP contribution >= 0.6 is 0 Å². The summed E-state index contributed by atoms with van der Waals surface area (Å²) in [6, 6.07) is 9.18. The number of fused-ring (bicyclic) bond motifs is 1. The normalized spacial score (nSPS) is 19.2. The number of rotatable bonds is 2. The molecule has 1 aliphatic rings. The van der Waals surface area contributed by atoms with Crippen LogP contribution in [-0.4, -0.2) is 35.6 Å². The Bertz CT molecular complexity index is 538. The highest BCUT2D eigenvalue weighted by atomic mass is 15.2. The number of benzene rings is 1. The number of hydrogen-bond donors (Lipinski definition) is 1. The monoisotopic (exact) mass is 243 g/mol. The zero-order valence-electron chi connectivity index (χ0n) is 11.2. The smallest absolute Gasteiger partial charge is 0.0481 e. The van der Waals surface area contributed by atoms with E-state index in [4.69, 9.17) is 0 Å². The number of nitrogens with zero attached hydrogens (tertiary/aromatic N) is 2. The van der Waals surface area contributed by atoms with E-state index in [0.717, 1.165) is 26.2 Å². The molecule has 0 saturated carbocycles. The molecular formula is C15H21N3. The van der Waals surface area contributed by atoms with Crippen LogP contribution in [0.4, 0.5) is 0 Å². The van der Waals surface area contributed by atoms with Crippen molar-refractivity contribution in [1.29, 1.82) is 0 Å². The second-order valence-electron chi connectivity index (χ2n) is 5.17. The van der Waals surface area contributed by atoms with Crippen LogP contribution in [-0.2, 0) is 7.05 Å². The minimum atomic E-state index is 0.498. The number of nitrogens with one attached hydrogen (secondary N) is 1. The summed E-state index contributed by atoms with van der Waals surface area (Å²) in [6.07, 6.45) is 2.29. The van der Waals surface area contributed by atoms with Crippen LogP contribution in [0.15, 0.2) is 30.5 Å². The first-order valence-electron chi connectivity index (χ1n) is 6.76.